The summed E-state index contributed by atoms with van der Waals surface area (Å²) >= 11 is 3.22. The number of benzene rings is 1. The summed E-state index contributed by atoms with van der Waals surface area (Å²) in [6.07, 6.45) is -0.0693. The molecule has 0 spiro atoms. The van der Waals surface area contributed by atoms with Crippen molar-refractivity contribution in [3.63, 3.8) is 0 Å². The van der Waals surface area contributed by atoms with E-state index in [-0.39, 0.29) is 12.2 Å². The number of rotatable bonds is 4. The predicted molar refractivity (Wildman–Crippen MR) is 67.6 cm³/mol. The molecule has 0 aliphatic heterocycles. The van der Waals surface area contributed by atoms with Gasteiger partial charge in [-0.3, -0.25) is 4.79 Å². The van der Waals surface area contributed by atoms with E-state index in [1.54, 1.807) is 26.0 Å². The van der Waals surface area contributed by atoms with Crippen LogP contribution in [-0.4, -0.2) is 23.3 Å². The average molecular weight is 303 g/mol. The molecule has 17 heavy (non-hydrogen) atoms. The van der Waals surface area contributed by atoms with Crippen LogP contribution in [0.4, 0.5) is 0 Å². The van der Waals surface area contributed by atoms with Crippen LogP contribution in [0.2, 0.25) is 0 Å². The maximum absolute atomic E-state index is 10.8. The molecule has 0 amide bonds. The van der Waals surface area contributed by atoms with Crippen molar-refractivity contribution in [3.8, 4) is 11.5 Å². The first-order valence-electron chi connectivity index (χ1n) is 5.06. The zero-order valence-electron chi connectivity index (χ0n) is 9.95. The third kappa shape index (κ3) is 3.12. The van der Waals surface area contributed by atoms with E-state index in [4.69, 9.17) is 9.84 Å². The van der Waals surface area contributed by atoms with Crippen molar-refractivity contribution in [1.29, 1.82) is 0 Å². The van der Waals surface area contributed by atoms with Crippen molar-refractivity contribution in [2.45, 2.75) is 25.7 Å². The molecule has 0 saturated heterocycles. The van der Waals surface area contributed by atoms with Gasteiger partial charge < -0.3 is 14.9 Å². The van der Waals surface area contributed by atoms with Gasteiger partial charge in [-0.2, -0.15) is 0 Å². The van der Waals surface area contributed by atoms with Crippen molar-refractivity contribution in [1.82, 2.24) is 0 Å². The van der Waals surface area contributed by atoms with E-state index >= 15 is 0 Å². The van der Waals surface area contributed by atoms with Crippen LogP contribution in [-0.2, 0) is 10.2 Å². The number of aliphatic carboxylic acids is 1. The van der Waals surface area contributed by atoms with Gasteiger partial charge >= 0.3 is 5.97 Å². The van der Waals surface area contributed by atoms with Crippen LogP contribution in [0.5, 0.6) is 11.5 Å². The summed E-state index contributed by atoms with van der Waals surface area (Å²) in [5, 5.41) is 18.8. The highest BCUT2D eigenvalue weighted by Gasteiger charge is 2.28. The van der Waals surface area contributed by atoms with Gasteiger partial charge in [-0.05, 0) is 28.1 Å². The molecule has 1 rings (SSSR count). The quantitative estimate of drug-likeness (QED) is 0.897. The molecule has 0 aliphatic rings. The lowest BCUT2D eigenvalue weighted by Gasteiger charge is -2.25. The van der Waals surface area contributed by atoms with Crippen molar-refractivity contribution >= 4 is 21.9 Å². The van der Waals surface area contributed by atoms with Crippen molar-refractivity contribution in [3.05, 3.63) is 22.2 Å². The molecule has 2 N–H and O–H groups in total. The van der Waals surface area contributed by atoms with Gasteiger partial charge in [0, 0.05) is 11.0 Å². The lowest BCUT2D eigenvalue weighted by Crippen LogP contribution is -2.22. The largest absolute Gasteiger partial charge is 0.506 e. The Morgan fingerprint density at radius 2 is 2.06 bits per heavy atom. The number of ether oxygens (including phenoxy) is 1. The first kappa shape index (κ1) is 13.8. The Kier molecular flexibility index (Phi) is 4.03. The summed E-state index contributed by atoms with van der Waals surface area (Å²) < 4.78 is 5.59. The van der Waals surface area contributed by atoms with Gasteiger partial charge in [0.15, 0.2) is 0 Å². The molecule has 0 heterocycles. The molecule has 0 radical (unpaired) electrons. The van der Waals surface area contributed by atoms with Crippen LogP contribution in [0, 0.1) is 0 Å². The number of phenolic OH excluding ortho intramolecular Hbond substituents is 1. The molecule has 94 valence electrons. The fraction of sp³-hybridized carbons (Fsp3) is 0.417. The van der Waals surface area contributed by atoms with Crippen LogP contribution < -0.4 is 4.74 Å². The van der Waals surface area contributed by atoms with Gasteiger partial charge in [0.1, 0.15) is 11.5 Å². The molecular formula is C12H15BrO4. The number of phenols is 1. The second kappa shape index (κ2) is 4.96. The lowest BCUT2D eigenvalue weighted by atomic mass is 9.81. The van der Waals surface area contributed by atoms with Crippen LogP contribution in [0.25, 0.3) is 0 Å². The van der Waals surface area contributed by atoms with Crippen molar-refractivity contribution in [2.75, 3.05) is 7.11 Å². The molecule has 0 atom stereocenters. The maximum atomic E-state index is 10.8. The lowest BCUT2D eigenvalue weighted by molar-refractivity contribution is -0.138. The molecule has 5 heteroatoms. The molecule has 1 aromatic carbocycles. The molecule has 0 saturated carbocycles. The fourth-order valence-corrected chi connectivity index (χ4v) is 2.12. The standard InChI is InChI=1S/C12H15BrO4/c1-12(2,6-10(14)15)8-4-7(17-3)5-9(13)11(8)16/h4-5,16H,6H2,1-3H3,(H,14,15). The number of carboxylic acid groups (broad SMARTS) is 1. The van der Waals surface area contributed by atoms with E-state index in [9.17, 15) is 9.90 Å². The number of carbonyl (C=O) groups is 1. The Morgan fingerprint density at radius 1 is 1.47 bits per heavy atom. The van der Waals surface area contributed by atoms with Crippen LogP contribution in [0.1, 0.15) is 25.8 Å². The highest BCUT2D eigenvalue weighted by molar-refractivity contribution is 9.10. The number of aromatic hydroxyl groups is 1. The number of hydrogen-bond donors (Lipinski definition) is 2. The van der Waals surface area contributed by atoms with Crippen LogP contribution in [0.3, 0.4) is 0 Å². The molecule has 1 aromatic rings. The fourth-order valence-electron chi connectivity index (χ4n) is 1.68. The summed E-state index contributed by atoms with van der Waals surface area (Å²) in [6, 6.07) is 3.29. The molecule has 0 aromatic heterocycles. The smallest absolute Gasteiger partial charge is 0.304 e. The zero-order chi connectivity index (χ0) is 13.2. The normalized spacial score (nSPS) is 11.3. The Labute approximate surface area is 108 Å². The molecule has 0 fully saturated rings. The van der Waals surface area contributed by atoms with Crippen molar-refractivity contribution in [2.24, 2.45) is 0 Å². The monoisotopic (exact) mass is 302 g/mol. The Balaban J connectivity index is 3.28. The van der Waals surface area contributed by atoms with E-state index in [1.807, 2.05) is 0 Å². The summed E-state index contributed by atoms with van der Waals surface area (Å²) in [5.41, 5.74) is -0.126. The van der Waals surface area contributed by atoms with E-state index in [1.165, 1.54) is 7.11 Å². The number of carboxylic acids is 1. The summed E-state index contributed by atoms with van der Waals surface area (Å²) in [6.45, 7) is 3.53. The van der Waals surface area contributed by atoms with Gasteiger partial charge in [0.25, 0.3) is 0 Å². The first-order valence-corrected chi connectivity index (χ1v) is 5.86. The maximum Gasteiger partial charge on any atom is 0.304 e. The van der Waals surface area contributed by atoms with Crippen LogP contribution in [0.15, 0.2) is 16.6 Å². The Bertz CT molecular complexity index is 440. The highest BCUT2D eigenvalue weighted by Crippen LogP contribution is 2.40. The summed E-state index contributed by atoms with van der Waals surface area (Å²) in [7, 11) is 1.52. The minimum Gasteiger partial charge on any atom is -0.506 e. The van der Waals surface area contributed by atoms with E-state index in [0.717, 1.165) is 0 Å². The highest BCUT2D eigenvalue weighted by atomic mass is 79.9. The summed E-state index contributed by atoms with van der Waals surface area (Å²) in [5.74, 6) is -0.284. The predicted octanol–water partition coefficient (Wildman–Crippen LogP) is 2.92. The molecule has 0 unspecified atom stereocenters. The zero-order valence-corrected chi connectivity index (χ0v) is 11.5. The minimum atomic E-state index is -0.909. The van der Waals surface area contributed by atoms with Gasteiger partial charge in [-0.15, -0.1) is 0 Å². The Morgan fingerprint density at radius 3 is 2.53 bits per heavy atom. The van der Waals surface area contributed by atoms with E-state index in [0.29, 0.717) is 15.8 Å². The SMILES string of the molecule is COc1cc(Br)c(O)c(C(C)(C)CC(=O)O)c1. The number of halogens is 1. The van der Waals surface area contributed by atoms with Gasteiger partial charge in [-0.1, -0.05) is 13.8 Å². The first-order chi connectivity index (χ1) is 7.77. The van der Waals surface area contributed by atoms with Crippen LogP contribution >= 0.6 is 15.9 Å². The summed E-state index contributed by atoms with van der Waals surface area (Å²) in [4.78, 5) is 10.8. The Hall–Kier alpha value is -1.23. The third-order valence-corrected chi connectivity index (χ3v) is 3.20. The van der Waals surface area contributed by atoms with E-state index < -0.39 is 11.4 Å². The van der Waals surface area contributed by atoms with Gasteiger partial charge in [-0.25, -0.2) is 0 Å². The second-order valence-electron chi connectivity index (χ2n) is 4.46. The molecule has 0 aliphatic carbocycles. The second-order valence-corrected chi connectivity index (χ2v) is 5.31. The van der Waals surface area contributed by atoms with Crippen molar-refractivity contribution < 1.29 is 19.7 Å². The third-order valence-electron chi connectivity index (χ3n) is 2.59. The minimum absolute atomic E-state index is 0.0528. The van der Waals surface area contributed by atoms with E-state index in [2.05, 4.69) is 15.9 Å². The average Bonchev–Trinajstić information content (AvgIpc) is 2.19. The topological polar surface area (TPSA) is 66.8 Å². The van der Waals surface area contributed by atoms with Gasteiger partial charge in [0.2, 0.25) is 0 Å². The molecule has 4 nitrogen and oxygen atoms in total. The molecule has 0 bridgehead atoms. The number of methoxy groups -OCH3 is 1. The molecular weight excluding hydrogens is 288 g/mol. The van der Waals surface area contributed by atoms with Gasteiger partial charge in [0.05, 0.1) is 18.0 Å². The number of hydrogen-bond acceptors (Lipinski definition) is 3.